The SMILES string of the molecule is CC1CN(C)CCN1C(=O)C1(C)CCNC1.Cl.Cl. The zero-order valence-corrected chi connectivity index (χ0v) is 13.1. The van der Waals surface area contributed by atoms with Gasteiger partial charge in [-0.15, -0.1) is 24.8 Å². The van der Waals surface area contributed by atoms with Crippen molar-refractivity contribution < 1.29 is 4.79 Å². The summed E-state index contributed by atoms with van der Waals surface area (Å²) >= 11 is 0. The van der Waals surface area contributed by atoms with E-state index in [-0.39, 0.29) is 30.2 Å². The molecule has 0 saturated carbocycles. The molecule has 2 aliphatic rings. The fourth-order valence-corrected chi connectivity index (χ4v) is 2.79. The van der Waals surface area contributed by atoms with Crippen LogP contribution < -0.4 is 5.32 Å². The molecule has 2 atom stereocenters. The highest BCUT2D eigenvalue weighted by Gasteiger charge is 2.41. The lowest BCUT2D eigenvalue weighted by molar-refractivity contribution is -0.144. The van der Waals surface area contributed by atoms with Crippen molar-refractivity contribution in [2.75, 3.05) is 39.8 Å². The van der Waals surface area contributed by atoms with E-state index in [1.807, 2.05) is 0 Å². The number of likely N-dealkylation sites (N-methyl/N-ethyl adjacent to an activating group) is 1. The number of rotatable bonds is 1. The molecule has 18 heavy (non-hydrogen) atoms. The smallest absolute Gasteiger partial charge is 0.230 e. The molecule has 0 aromatic heterocycles. The standard InChI is InChI=1S/C12H23N3O.2ClH/c1-10-8-14(3)6-7-15(10)11(16)12(2)4-5-13-9-12;;/h10,13H,4-9H2,1-3H3;2*1H. The maximum Gasteiger partial charge on any atom is 0.230 e. The zero-order valence-electron chi connectivity index (χ0n) is 11.4. The van der Waals surface area contributed by atoms with E-state index >= 15 is 0 Å². The predicted molar refractivity (Wildman–Crippen MR) is 78.8 cm³/mol. The lowest BCUT2D eigenvalue weighted by Gasteiger charge is -2.41. The van der Waals surface area contributed by atoms with Crippen LogP contribution in [0, 0.1) is 5.41 Å². The van der Waals surface area contributed by atoms with Crippen LogP contribution in [-0.4, -0.2) is 61.5 Å². The first-order valence-corrected chi connectivity index (χ1v) is 6.23. The Hall–Kier alpha value is -0.0300. The minimum absolute atomic E-state index is 0. The number of piperazine rings is 1. The van der Waals surface area contributed by atoms with Gasteiger partial charge in [0.15, 0.2) is 0 Å². The van der Waals surface area contributed by atoms with Crippen molar-refractivity contribution in [2.45, 2.75) is 26.3 Å². The van der Waals surface area contributed by atoms with Gasteiger partial charge < -0.3 is 15.1 Å². The molecule has 6 heteroatoms. The van der Waals surface area contributed by atoms with Crippen molar-refractivity contribution in [3.8, 4) is 0 Å². The molecule has 0 aliphatic carbocycles. The number of carbonyl (C=O) groups excluding carboxylic acids is 1. The zero-order chi connectivity index (χ0) is 11.8. The number of amides is 1. The summed E-state index contributed by atoms with van der Waals surface area (Å²) < 4.78 is 0. The molecule has 0 spiro atoms. The van der Waals surface area contributed by atoms with Crippen molar-refractivity contribution >= 4 is 30.7 Å². The number of halogens is 2. The predicted octanol–water partition coefficient (Wildman–Crippen LogP) is 0.992. The van der Waals surface area contributed by atoms with Crippen LogP contribution in [0.3, 0.4) is 0 Å². The van der Waals surface area contributed by atoms with E-state index in [1.165, 1.54) is 0 Å². The Morgan fingerprint density at radius 3 is 2.50 bits per heavy atom. The fraction of sp³-hybridized carbons (Fsp3) is 0.917. The first kappa shape index (κ1) is 18.0. The van der Waals surface area contributed by atoms with E-state index in [4.69, 9.17) is 0 Å². The minimum atomic E-state index is -0.163. The normalized spacial score (nSPS) is 32.6. The summed E-state index contributed by atoms with van der Waals surface area (Å²) in [5.74, 6) is 0.345. The van der Waals surface area contributed by atoms with Gasteiger partial charge in [-0.25, -0.2) is 0 Å². The van der Waals surface area contributed by atoms with Crippen LogP contribution >= 0.6 is 24.8 Å². The Bertz CT molecular complexity index is 282. The highest BCUT2D eigenvalue weighted by Crippen LogP contribution is 2.28. The molecule has 2 fully saturated rings. The number of nitrogens with zero attached hydrogens (tertiary/aromatic N) is 2. The Labute approximate surface area is 122 Å². The molecule has 108 valence electrons. The second-order valence-electron chi connectivity index (χ2n) is 5.60. The number of hydrogen-bond acceptors (Lipinski definition) is 3. The highest BCUT2D eigenvalue weighted by atomic mass is 35.5. The van der Waals surface area contributed by atoms with Crippen molar-refractivity contribution in [2.24, 2.45) is 5.41 Å². The fourth-order valence-electron chi connectivity index (χ4n) is 2.79. The van der Waals surface area contributed by atoms with Crippen molar-refractivity contribution in [1.29, 1.82) is 0 Å². The molecule has 0 bridgehead atoms. The molecular weight excluding hydrogens is 273 g/mol. The molecule has 0 aromatic carbocycles. The lowest BCUT2D eigenvalue weighted by atomic mass is 9.87. The Morgan fingerprint density at radius 2 is 2.00 bits per heavy atom. The first-order valence-electron chi connectivity index (χ1n) is 6.23. The van der Waals surface area contributed by atoms with Gasteiger partial charge in [-0.1, -0.05) is 0 Å². The third-order valence-electron chi connectivity index (χ3n) is 3.98. The molecular formula is C12H25Cl2N3O. The largest absolute Gasteiger partial charge is 0.337 e. The van der Waals surface area contributed by atoms with Gasteiger partial charge in [0.05, 0.1) is 5.41 Å². The summed E-state index contributed by atoms with van der Waals surface area (Å²) in [5, 5.41) is 3.30. The number of nitrogens with one attached hydrogen (secondary N) is 1. The van der Waals surface area contributed by atoms with Crippen LogP contribution in [0.4, 0.5) is 0 Å². The summed E-state index contributed by atoms with van der Waals surface area (Å²) in [4.78, 5) is 16.9. The summed E-state index contributed by atoms with van der Waals surface area (Å²) in [6, 6.07) is 0.351. The van der Waals surface area contributed by atoms with Crippen LogP contribution in [-0.2, 0) is 4.79 Å². The van der Waals surface area contributed by atoms with Crippen LogP contribution in [0.1, 0.15) is 20.3 Å². The molecule has 1 amide bonds. The average molecular weight is 298 g/mol. The van der Waals surface area contributed by atoms with Crippen LogP contribution in [0.5, 0.6) is 0 Å². The van der Waals surface area contributed by atoms with Gasteiger partial charge in [-0.3, -0.25) is 4.79 Å². The summed E-state index contributed by atoms with van der Waals surface area (Å²) in [7, 11) is 2.12. The van der Waals surface area contributed by atoms with E-state index in [9.17, 15) is 4.79 Å². The molecule has 0 aromatic rings. The van der Waals surface area contributed by atoms with Crippen LogP contribution in [0.15, 0.2) is 0 Å². The first-order chi connectivity index (χ1) is 7.53. The van der Waals surface area contributed by atoms with Crippen molar-refractivity contribution in [3.63, 3.8) is 0 Å². The molecule has 2 saturated heterocycles. The molecule has 2 aliphatic heterocycles. The van der Waals surface area contributed by atoms with Gasteiger partial charge in [0.2, 0.25) is 5.91 Å². The quantitative estimate of drug-likeness (QED) is 0.784. The summed E-state index contributed by atoms with van der Waals surface area (Å²) in [6.07, 6.45) is 0.977. The maximum atomic E-state index is 12.5. The van der Waals surface area contributed by atoms with E-state index in [0.29, 0.717) is 11.9 Å². The van der Waals surface area contributed by atoms with E-state index in [1.54, 1.807) is 0 Å². The number of carbonyl (C=O) groups is 1. The lowest BCUT2D eigenvalue weighted by Crippen LogP contribution is -2.56. The molecule has 2 unspecified atom stereocenters. The molecule has 4 nitrogen and oxygen atoms in total. The average Bonchev–Trinajstić information content (AvgIpc) is 2.66. The van der Waals surface area contributed by atoms with E-state index < -0.39 is 0 Å². The van der Waals surface area contributed by atoms with Crippen molar-refractivity contribution in [1.82, 2.24) is 15.1 Å². The Morgan fingerprint density at radius 1 is 1.33 bits per heavy atom. The molecule has 1 N–H and O–H groups in total. The van der Waals surface area contributed by atoms with E-state index in [0.717, 1.165) is 39.1 Å². The molecule has 2 heterocycles. The topological polar surface area (TPSA) is 35.6 Å². The van der Waals surface area contributed by atoms with Gasteiger partial charge in [0.25, 0.3) is 0 Å². The number of hydrogen-bond donors (Lipinski definition) is 1. The van der Waals surface area contributed by atoms with E-state index in [2.05, 4.69) is 36.0 Å². The highest BCUT2D eigenvalue weighted by molar-refractivity contribution is 5.85. The third kappa shape index (κ3) is 3.50. The van der Waals surface area contributed by atoms with Crippen molar-refractivity contribution in [3.05, 3.63) is 0 Å². The Balaban J connectivity index is 0.00000144. The Kier molecular flexibility index (Phi) is 6.93. The molecule has 2 rings (SSSR count). The van der Waals surface area contributed by atoms with Gasteiger partial charge >= 0.3 is 0 Å². The summed E-state index contributed by atoms with van der Waals surface area (Å²) in [5.41, 5.74) is -0.163. The minimum Gasteiger partial charge on any atom is -0.337 e. The summed E-state index contributed by atoms with van der Waals surface area (Å²) in [6.45, 7) is 8.94. The third-order valence-corrected chi connectivity index (χ3v) is 3.98. The van der Waals surface area contributed by atoms with Crippen LogP contribution in [0.25, 0.3) is 0 Å². The van der Waals surface area contributed by atoms with Gasteiger partial charge in [-0.2, -0.15) is 0 Å². The second-order valence-corrected chi connectivity index (χ2v) is 5.60. The monoisotopic (exact) mass is 297 g/mol. The maximum absolute atomic E-state index is 12.5. The van der Waals surface area contributed by atoms with Crippen LogP contribution in [0.2, 0.25) is 0 Å². The van der Waals surface area contributed by atoms with Gasteiger partial charge in [0.1, 0.15) is 0 Å². The van der Waals surface area contributed by atoms with Gasteiger partial charge in [0, 0.05) is 32.2 Å². The second kappa shape index (κ2) is 6.94. The van der Waals surface area contributed by atoms with Gasteiger partial charge in [-0.05, 0) is 33.9 Å². The molecule has 0 radical (unpaired) electrons.